The van der Waals surface area contributed by atoms with Gasteiger partial charge in [-0.2, -0.15) is 0 Å². The van der Waals surface area contributed by atoms with E-state index in [1.54, 1.807) is 0 Å². The van der Waals surface area contributed by atoms with Gasteiger partial charge in [-0.05, 0) is 152 Å². The van der Waals surface area contributed by atoms with Crippen LogP contribution in [0.4, 0.5) is 0 Å². The van der Waals surface area contributed by atoms with Crippen molar-refractivity contribution in [3.63, 3.8) is 0 Å². The molecular weight excluding hydrogens is 637 g/mol. The number of hydrogen-bond acceptors (Lipinski definition) is 0. The van der Waals surface area contributed by atoms with E-state index >= 15 is 0 Å². The van der Waals surface area contributed by atoms with Crippen LogP contribution >= 0.6 is 0 Å². The molecule has 0 fully saturated rings. The molecule has 11 rings (SSSR count). The van der Waals surface area contributed by atoms with Crippen molar-refractivity contribution in [3.8, 4) is 44.5 Å². The average molecular weight is 673 g/mol. The summed E-state index contributed by atoms with van der Waals surface area (Å²) >= 11 is 0. The normalized spacial score (nSPS) is 13.2. The third-order valence-electron chi connectivity index (χ3n) is 12.0. The van der Waals surface area contributed by atoms with Crippen LogP contribution in [0.1, 0.15) is 25.0 Å². The fraction of sp³-hybridized carbons (Fsp3) is 0.0566. The Bertz CT molecular complexity index is 3090. The zero-order valence-corrected chi connectivity index (χ0v) is 29.8. The van der Waals surface area contributed by atoms with E-state index in [-0.39, 0.29) is 5.41 Å². The molecule has 0 atom stereocenters. The first-order valence-corrected chi connectivity index (χ1v) is 18.7. The van der Waals surface area contributed by atoms with Gasteiger partial charge in [-0.15, -0.1) is 0 Å². The van der Waals surface area contributed by atoms with E-state index in [4.69, 9.17) is 0 Å². The second-order valence-corrected chi connectivity index (χ2v) is 15.3. The van der Waals surface area contributed by atoms with Gasteiger partial charge in [0.15, 0.2) is 0 Å². The van der Waals surface area contributed by atoms with Gasteiger partial charge in [0.1, 0.15) is 0 Å². The van der Waals surface area contributed by atoms with Crippen LogP contribution in [0.5, 0.6) is 0 Å². The molecule has 0 amide bonds. The second kappa shape index (κ2) is 11.2. The van der Waals surface area contributed by atoms with Gasteiger partial charge in [0.05, 0.1) is 0 Å². The topological polar surface area (TPSA) is 0 Å². The maximum absolute atomic E-state index is 2.48. The second-order valence-electron chi connectivity index (χ2n) is 15.3. The van der Waals surface area contributed by atoms with Crippen LogP contribution in [0.3, 0.4) is 0 Å². The molecule has 10 aromatic rings. The fourth-order valence-electron chi connectivity index (χ4n) is 9.27. The monoisotopic (exact) mass is 672 g/mol. The van der Waals surface area contributed by atoms with Crippen molar-refractivity contribution in [3.05, 3.63) is 193 Å². The quantitative estimate of drug-likeness (QED) is 0.164. The molecule has 0 saturated heterocycles. The van der Waals surface area contributed by atoms with Crippen molar-refractivity contribution < 1.29 is 0 Å². The zero-order valence-electron chi connectivity index (χ0n) is 29.8. The molecule has 0 heteroatoms. The Morgan fingerprint density at radius 3 is 1.45 bits per heavy atom. The summed E-state index contributed by atoms with van der Waals surface area (Å²) in [6.07, 6.45) is 0. The molecule has 0 nitrogen and oxygen atoms in total. The molecular formula is C53H36. The smallest absolute Gasteiger partial charge is 0.0159 e. The Morgan fingerprint density at radius 2 is 0.755 bits per heavy atom. The first-order chi connectivity index (χ1) is 26.0. The average Bonchev–Trinajstić information content (AvgIpc) is 3.45. The lowest BCUT2D eigenvalue weighted by Gasteiger charge is -2.22. The summed E-state index contributed by atoms with van der Waals surface area (Å²) in [5.74, 6) is 0. The van der Waals surface area contributed by atoms with Gasteiger partial charge in [-0.1, -0.05) is 153 Å². The Hall–Kier alpha value is -6.50. The van der Waals surface area contributed by atoms with Crippen LogP contribution in [-0.2, 0) is 5.41 Å². The highest BCUT2D eigenvalue weighted by molar-refractivity contribution is 6.25. The highest BCUT2D eigenvalue weighted by atomic mass is 14.4. The van der Waals surface area contributed by atoms with Crippen molar-refractivity contribution in [2.24, 2.45) is 0 Å². The van der Waals surface area contributed by atoms with E-state index in [0.29, 0.717) is 0 Å². The lowest BCUT2D eigenvalue weighted by Crippen LogP contribution is -2.14. The van der Waals surface area contributed by atoms with Crippen LogP contribution in [0.15, 0.2) is 182 Å². The summed E-state index contributed by atoms with van der Waals surface area (Å²) in [4.78, 5) is 0. The molecule has 0 aromatic heterocycles. The standard InChI is InChI=1S/C53H36/c1-53(2)51-19-11-10-18-46(51)50-31-37-23-21-34-20-22-35(29-47(34)48(37)32-52(50)53)39-26-38(33-12-4-3-5-13-33)27-40(28-39)36-24-25-45-43-16-7-6-14-41(43)42-15-8-9-17-44(42)49(45)30-36/h3-32H,1-2H3. The zero-order chi connectivity index (χ0) is 35.3. The van der Waals surface area contributed by atoms with Crippen LogP contribution in [0, 0.1) is 0 Å². The molecule has 1 aliphatic rings. The summed E-state index contributed by atoms with van der Waals surface area (Å²) in [5, 5.41) is 12.9. The first-order valence-electron chi connectivity index (χ1n) is 18.7. The Balaban J connectivity index is 1.12. The van der Waals surface area contributed by atoms with E-state index < -0.39 is 0 Å². The SMILES string of the molecule is CC1(C)c2ccccc2-c2cc3ccc4ccc(-c5cc(-c6ccccc6)cc(-c6ccc7c8ccccc8c8ccccc8c7c6)c5)cc4c3cc21. The number of fused-ring (bicyclic) bond motifs is 12. The van der Waals surface area contributed by atoms with Crippen LogP contribution in [0.25, 0.3) is 98.4 Å². The minimum Gasteiger partial charge on any atom is -0.0622 e. The van der Waals surface area contributed by atoms with Gasteiger partial charge in [0, 0.05) is 5.41 Å². The number of hydrogen-bond donors (Lipinski definition) is 0. The van der Waals surface area contributed by atoms with Crippen molar-refractivity contribution in [2.75, 3.05) is 0 Å². The van der Waals surface area contributed by atoms with Crippen LogP contribution in [0.2, 0.25) is 0 Å². The van der Waals surface area contributed by atoms with Gasteiger partial charge in [-0.3, -0.25) is 0 Å². The van der Waals surface area contributed by atoms with Gasteiger partial charge in [-0.25, -0.2) is 0 Å². The predicted molar refractivity (Wildman–Crippen MR) is 228 cm³/mol. The molecule has 10 aromatic carbocycles. The van der Waals surface area contributed by atoms with Crippen LogP contribution in [-0.4, -0.2) is 0 Å². The summed E-state index contributed by atoms with van der Waals surface area (Å²) in [5.41, 5.74) is 12.8. The van der Waals surface area contributed by atoms with Gasteiger partial charge >= 0.3 is 0 Å². The van der Waals surface area contributed by atoms with Crippen molar-refractivity contribution in [1.82, 2.24) is 0 Å². The van der Waals surface area contributed by atoms with E-state index in [1.807, 2.05) is 0 Å². The molecule has 0 bridgehead atoms. The third-order valence-corrected chi connectivity index (χ3v) is 12.0. The molecule has 53 heavy (non-hydrogen) atoms. The Kier molecular flexibility index (Phi) is 6.40. The molecule has 0 unspecified atom stereocenters. The first kappa shape index (κ1) is 30.2. The van der Waals surface area contributed by atoms with Gasteiger partial charge in [0.25, 0.3) is 0 Å². The largest absolute Gasteiger partial charge is 0.0622 e. The third kappa shape index (κ3) is 4.55. The molecule has 0 heterocycles. The van der Waals surface area contributed by atoms with E-state index in [0.717, 1.165) is 0 Å². The summed E-state index contributed by atoms with van der Waals surface area (Å²) < 4.78 is 0. The summed E-state index contributed by atoms with van der Waals surface area (Å²) in [7, 11) is 0. The van der Waals surface area contributed by atoms with E-state index in [1.165, 1.54) is 109 Å². The maximum atomic E-state index is 2.48. The summed E-state index contributed by atoms with van der Waals surface area (Å²) in [6.45, 7) is 4.74. The number of benzene rings is 10. The van der Waals surface area contributed by atoms with Crippen molar-refractivity contribution in [2.45, 2.75) is 19.3 Å². The Labute approximate surface area is 309 Å². The molecule has 1 aliphatic carbocycles. The lowest BCUT2D eigenvalue weighted by atomic mass is 9.81. The number of rotatable bonds is 3. The van der Waals surface area contributed by atoms with Gasteiger partial charge in [0.2, 0.25) is 0 Å². The van der Waals surface area contributed by atoms with Crippen molar-refractivity contribution in [1.29, 1.82) is 0 Å². The van der Waals surface area contributed by atoms with Crippen molar-refractivity contribution >= 4 is 53.9 Å². The Morgan fingerprint density at radius 1 is 0.264 bits per heavy atom. The lowest BCUT2D eigenvalue weighted by molar-refractivity contribution is 0.661. The minimum absolute atomic E-state index is 0.0454. The highest BCUT2D eigenvalue weighted by Crippen LogP contribution is 2.50. The van der Waals surface area contributed by atoms with E-state index in [2.05, 4.69) is 196 Å². The fourth-order valence-corrected chi connectivity index (χ4v) is 9.27. The summed E-state index contributed by atoms with van der Waals surface area (Å²) in [6, 6.07) is 68.1. The molecule has 0 spiro atoms. The molecule has 0 N–H and O–H groups in total. The predicted octanol–water partition coefficient (Wildman–Crippen LogP) is 14.8. The van der Waals surface area contributed by atoms with E-state index in [9.17, 15) is 0 Å². The molecule has 0 saturated carbocycles. The molecule has 0 radical (unpaired) electrons. The molecule has 0 aliphatic heterocycles. The highest BCUT2D eigenvalue weighted by Gasteiger charge is 2.35. The molecule has 248 valence electrons. The van der Waals surface area contributed by atoms with Gasteiger partial charge < -0.3 is 0 Å². The van der Waals surface area contributed by atoms with Crippen LogP contribution < -0.4 is 0 Å². The maximum Gasteiger partial charge on any atom is 0.0159 e. The minimum atomic E-state index is -0.0454.